The molecule has 0 amide bonds. The monoisotopic (exact) mass is 567 g/mol. The van der Waals surface area contributed by atoms with Gasteiger partial charge in [-0.2, -0.15) is 0 Å². The van der Waals surface area contributed by atoms with Crippen molar-refractivity contribution in [1.29, 1.82) is 0 Å². The van der Waals surface area contributed by atoms with Gasteiger partial charge in [0.25, 0.3) is 0 Å². The predicted octanol–water partition coefficient (Wildman–Crippen LogP) is 6.69. The summed E-state index contributed by atoms with van der Waals surface area (Å²) in [5.74, 6) is 1.74. The maximum atomic E-state index is 13.0. The zero-order valence-corrected chi connectivity index (χ0v) is 25.7. The largest absolute Gasteiger partial charge is 0.386 e. The van der Waals surface area contributed by atoms with Crippen LogP contribution in [0, 0.1) is 23.2 Å². The van der Waals surface area contributed by atoms with E-state index in [1.807, 2.05) is 13.0 Å². The number of ether oxygens (including phenoxy) is 2. The quantitative estimate of drug-likeness (QED) is 0.336. The number of H-pyrrole nitrogens is 1. The van der Waals surface area contributed by atoms with Crippen molar-refractivity contribution in [3.63, 3.8) is 0 Å². The second kappa shape index (κ2) is 7.72. The molecule has 0 saturated heterocycles. The van der Waals surface area contributed by atoms with Crippen molar-refractivity contribution in [3.8, 4) is 0 Å². The first-order valence-corrected chi connectivity index (χ1v) is 16.3. The number of fused-ring (bicyclic) bond motifs is 7. The Morgan fingerprint density at radius 1 is 1.07 bits per heavy atom. The Kier molecular flexibility index (Phi) is 4.82. The lowest BCUT2D eigenvalue weighted by Crippen LogP contribution is -2.68. The molecule has 0 spiro atoms. The van der Waals surface area contributed by atoms with Crippen LogP contribution in [0.4, 0.5) is 0 Å². The average molecular weight is 568 g/mol. The van der Waals surface area contributed by atoms with Crippen LogP contribution in [0.15, 0.2) is 48.1 Å². The first-order chi connectivity index (χ1) is 19.8. The third-order valence-electron chi connectivity index (χ3n) is 14.1. The fourth-order valence-corrected chi connectivity index (χ4v) is 11.7. The molecule has 3 N–H and O–H groups in total. The number of hydrogen-bond donors (Lipinski definition) is 3. The molecule has 7 aliphatic rings. The van der Waals surface area contributed by atoms with Gasteiger partial charge in [-0.3, -0.25) is 0 Å². The molecular formula is C37H45NO4. The zero-order valence-electron chi connectivity index (χ0n) is 25.7. The molecule has 9 rings (SSSR count). The van der Waals surface area contributed by atoms with Crippen molar-refractivity contribution in [2.45, 2.75) is 120 Å². The second-order valence-corrected chi connectivity index (χ2v) is 16.0. The number of aromatic nitrogens is 1. The first-order valence-electron chi connectivity index (χ1n) is 16.3. The summed E-state index contributed by atoms with van der Waals surface area (Å²) in [6, 6.07) is 4.63. The van der Waals surface area contributed by atoms with Crippen LogP contribution in [0.2, 0.25) is 0 Å². The number of nitrogens with one attached hydrogen (secondary N) is 1. The SMILES string of the molecule is C=C1Cc2ccc3[nH]c4c5c3c2[C@H]2[C@@H]1C[C@@H]2C(C)(C)O[C@H]5[C@@H]1CC[C@@]2(O)C3=C[C@@H](O)[C@@H](C(=C)C)O[C@H]3CC[C@]2(C)[C@@]41C. The highest BCUT2D eigenvalue weighted by atomic mass is 16.5. The highest BCUT2D eigenvalue weighted by Gasteiger charge is 2.73. The van der Waals surface area contributed by atoms with Crippen LogP contribution in [0.3, 0.4) is 0 Å². The van der Waals surface area contributed by atoms with E-state index in [4.69, 9.17) is 9.47 Å². The van der Waals surface area contributed by atoms with E-state index in [-0.39, 0.29) is 29.1 Å². The van der Waals surface area contributed by atoms with Crippen LogP contribution in [0.25, 0.3) is 10.9 Å². The van der Waals surface area contributed by atoms with Crippen LogP contribution < -0.4 is 0 Å². The summed E-state index contributed by atoms with van der Waals surface area (Å²) in [4.78, 5) is 4.00. The Morgan fingerprint density at radius 3 is 2.62 bits per heavy atom. The molecule has 5 heteroatoms. The van der Waals surface area contributed by atoms with Crippen molar-refractivity contribution in [3.05, 3.63) is 70.5 Å². The van der Waals surface area contributed by atoms with Crippen molar-refractivity contribution < 1.29 is 19.7 Å². The molecule has 5 aliphatic carbocycles. The van der Waals surface area contributed by atoms with Crippen LogP contribution in [-0.2, 0) is 21.3 Å². The van der Waals surface area contributed by atoms with Gasteiger partial charge < -0.3 is 24.7 Å². The maximum Gasteiger partial charge on any atom is 0.108 e. The Hall–Kier alpha value is -2.18. The van der Waals surface area contributed by atoms with E-state index in [1.54, 1.807) is 5.56 Å². The van der Waals surface area contributed by atoms with Crippen molar-refractivity contribution in [2.24, 2.45) is 23.2 Å². The molecular weight excluding hydrogens is 522 g/mol. The highest BCUT2D eigenvalue weighted by molar-refractivity contribution is 5.92. The van der Waals surface area contributed by atoms with Crippen LogP contribution in [0.5, 0.6) is 0 Å². The first kappa shape index (κ1) is 26.2. The van der Waals surface area contributed by atoms with Gasteiger partial charge >= 0.3 is 0 Å². The van der Waals surface area contributed by atoms with Crippen molar-refractivity contribution >= 4 is 10.9 Å². The topological polar surface area (TPSA) is 74.7 Å². The van der Waals surface area contributed by atoms with Gasteiger partial charge in [0, 0.05) is 38.9 Å². The molecule has 222 valence electrons. The standard InChI is InChI=1S/C37H45NO4/c1-17(2)31-25(39)16-22-26(41-31)11-12-35(6)36(7)21(10-13-37(22,35)40)32-30-29-24(38-33(30)36)9-8-19-14-18(3)20-15-23(28(20)27(19)29)34(4,5)42-32/h8-9,16,20-21,23,25-26,28,31-32,38-40H,1,3,10-15H2,2,4-7H3/t20-,21+,23+,25-,26+,28+,31-,32+,35-,36-,37-/m1/s1. The molecule has 0 bridgehead atoms. The third kappa shape index (κ3) is 2.70. The molecule has 0 unspecified atom stereocenters. The summed E-state index contributed by atoms with van der Waals surface area (Å²) in [5, 5.41) is 25.5. The van der Waals surface area contributed by atoms with E-state index in [0.717, 1.165) is 43.3 Å². The molecule has 0 radical (unpaired) electrons. The second-order valence-electron chi connectivity index (χ2n) is 16.0. The number of aromatic amines is 1. The number of aliphatic hydroxyl groups is 2. The summed E-state index contributed by atoms with van der Waals surface area (Å²) in [7, 11) is 0. The summed E-state index contributed by atoms with van der Waals surface area (Å²) in [6.45, 7) is 19.9. The molecule has 2 aliphatic heterocycles. The van der Waals surface area contributed by atoms with Crippen molar-refractivity contribution in [2.75, 3.05) is 0 Å². The Bertz CT molecular complexity index is 1650. The number of allylic oxidation sites excluding steroid dienone is 1. The zero-order chi connectivity index (χ0) is 29.3. The van der Waals surface area contributed by atoms with Gasteiger partial charge in [0.05, 0.1) is 23.4 Å². The number of rotatable bonds is 1. The van der Waals surface area contributed by atoms with Crippen LogP contribution in [0.1, 0.15) is 101 Å². The fraction of sp³-hybridized carbons (Fsp3) is 0.622. The Morgan fingerprint density at radius 2 is 1.86 bits per heavy atom. The predicted molar refractivity (Wildman–Crippen MR) is 163 cm³/mol. The molecule has 3 fully saturated rings. The smallest absolute Gasteiger partial charge is 0.108 e. The van der Waals surface area contributed by atoms with Gasteiger partial charge in [0.2, 0.25) is 0 Å². The Balaban J connectivity index is 1.27. The number of aliphatic hydroxyl groups excluding tert-OH is 1. The molecule has 2 aromatic rings. The van der Waals surface area contributed by atoms with Gasteiger partial charge in [-0.05, 0) is 111 Å². The van der Waals surface area contributed by atoms with E-state index < -0.39 is 23.2 Å². The highest BCUT2D eigenvalue weighted by Crippen LogP contribution is 2.74. The molecule has 3 heterocycles. The summed E-state index contributed by atoms with van der Waals surface area (Å²) < 4.78 is 13.9. The van der Waals surface area contributed by atoms with Crippen LogP contribution in [-0.4, -0.2) is 44.7 Å². The molecule has 1 aromatic carbocycles. The molecule has 11 atom stereocenters. The van der Waals surface area contributed by atoms with Crippen molar-refractivity contribution in [1.82, 2.24) is 4.98 Å². The lowest BCUT2D eigenvalue weighted by molar-refractivity contribution is -0.215. The van der Waals surface area contributed by atoms with Gasteiger partial charge in [-0.15, -0.1) is 0 Å². The minimum absolute atomic E-state index is 0.0144. The van der Waals surface area contributed by atoms with Crippen LogP contribution >= 0.6 is 0 Å². The lowest BCUT2D eigenvalue weighted by atomic mass is 9.42. The van der Waals surface area contributed by atoms with E-state index in [9.17, 15) is 10.2 Å². The van der Waals surface area contributed by atoms with E-state index in [1.165, 1.54) is 33.3 Å². The summed E-state index contributed by atoms with van der Waals surface area (Å²) in [6.07, 6.45) is 5.79. The minimum atomic E-state index is -1.08. The molecule has 3 saturated carbocycles. The molecule has 42 heavy (non-hydrogen) atoms. The molecule has 5 nitrogen and oxygen atoms in total. The average Bonchev–Trinajstić information content (AvgIpc) is 3.38. The summed E-state index contributed by atoms with van der Waals surface area (Å²) in [5.41, 5.74) is 7.80. The van der Waals surface area contributed by atoms with E-state index >= 15 is 0 Å². The Labute approximate surface area is 249 Å². The number of hydrogen-bond acceptors (Lipinski definition) is 4. The van der Waals surface area contributed by atoms with E-state index in [0.29, 0.717) is 24.2 Å². The normalized spacial score (nSPS) is 47.4. The van der Waals surface area contributed by atoms with Gasteiger partial charge in [0.15, 0.2) is 0 Å². The van der Waals surface area contributed by atoms with Gasteiger partial charge in [-0.1, -0.05) is 38.6 Å². The lowest BCUT2D eigenvalue weighted by Gasteiger charge is -2.65. The third-order valence-corrected chi connectivity index (χ3v) is 14.1. The maximum absolute atomic E-state index is 13.0. The van der Waals surface area contributed by atoms with Gasteiger partial charge in [-0.25, -0.2) is 0 Å². The molecule has 1 aromatic heterocycles. The fourth-order valence-electron chi connectivity index (χ4n) is 11.7. The van der Waals surface area contributed by atoms with E-state index in [2.05, 4.69) is 58.0 Å². The summed E-state index contributed by atoms with van der Waals surface area (Å²) >= 11 is 0. The number of benzene rings is 1. The minimum Gasteiger partial charge on any atom is -0.386 e. The van der Waals surface area contributed by atoms with Gasteiger partial charge in [0.1, 0.15) is 12.2 Å².